The summed E-state index contributed by atoms with van der Waals surface area (Å²) in [5.74, 6) is -1.11. The first-order valence-corrected chi connectivity index (χ1v) is 8.79. The second kappa shape index (κ2) is 7.98. The zero-order chi connectivity index (χ0) is 19.4. The van der Waals surface area contributed by atoms with E-state index >= 15 is 0 Å². The number of likely N-dealkylation sites (tertiary alicyclic amines) is 1. The molecule has 1 atom stereocenters. The third-order valence-electron chi connectivity index (χ3n) is 4.69. The topological polar surface area (TPSA) is 119 Å². The molecule has 1 unspecified atom stereocenters. The molecule has 0 bridgehead atoms. The van der Waals surface area contributed by atoms with Gasteiger partial charge in [0.25, 0.3) is 11.6 Å². The quantitative estimate of drug-likeness (QED) is 0.615. The van der Waals surface area contributed by atoms with Crippen LogP contribution in [0.1, 0.15) is 42.6 Å². The van der Waals surface area contributed by atoms with Crippen molar-refractivity contribution in [3.63, 3.8) is 0 Å². The Balaban J connectivity index is 1.78. The number of nitro groups is 1. The summed E-state index contributed by atoms with van der Waals surface area (Å²) in [4.78, 5) is 35.9. The molecule has 1 N–H and O–H groups in total. The van der Waals surface area contributed by atoms with Crippen LogP contribution >= 0.6 is 0 Å². The highest BCUT2D eigenvalue weighted by atomic mass is 16.6. The van der Waals surface area contributed by atoms with Crippen LogP contribution < -0.4 is 0 Å². The van der Waals surface area contributed by atoms with Crippen LogP contribution in [0.5, 0.6) is 0 Å². The van der Waals surface area contributed by atoms with Crippen molar-refractivity contribution >= 4 is 17.6 Å². The van der Waals surface area contributed by atoms with Gasteiger partial charge in [-0.1, -0.05) is 6.07 Å². The SMILES string of the molecule is O=C(O)CCC1CCCCN1C(=O)c1ccn(-c2cccc([N+](=O)[O-])c2)n1. The highest BCUT2D eigenvalue weighted by Gasteiger charge is 2.29. The number of carbonyl (C=O) groups excluding carboxylic acids is 1. The zero-order valence-electron chi connectivity index (χ0n) is 14.7. The number of amides is 1. The summed E-state index contributed by atoms with van der Waals surface area (Å²) in [7, 11) is 0. The van der Waals surface area contributed by atoms with E-state index in [1.165, 1.54) is 16.8 Å². The summed E-state index contributed by atoms with van der Waals surface area (Å²) in [6.45, 7) is 0.576. The third-order valence-corrected chi connectivity index (χ3v) is 4.69. The predicted molar refractivity (Wildman–Crippen MR) is 95.8 cm³/mol. The van der Waals surface area contributed by atoms with Crippen LogP contribution in [0.2, 0.25) is 0 Å². The summed E-state index contributed by atoms with van der Waals surface area (Å²) in [5, 5.41) is 24.1. The van der Waals surface area contributed by atoms with Gasteiger partial charge in [-0.2, -0.15) is 5.10 Å². The lowest BCUT2D eigenvalue weighted by molar-refractivity contribution is -0.384. The fourth-order valence-electron chi connectivity index (χ4n) is 3.34. The molecule has 1 aliphatic rings. The van der Waals surface area contributed by atoms with Gasteiger partial charge in [0.2, 0.25) is 0 Å². The van der Waals surface area contributed by atoms with E-state index in [4.69, 9.17) is 5.11 Å². The number of carboxylic acids is 1. The van der Waals surface area contributed by atoms with Crippen LogP contribution in [-0.2, 0) is 4.79 Å². The van der Waals surface area contributed by atoms with Crippen molar-refractivity contribution in [3.8, 4) is 5.69 Å². The molecule has 1 aromatic heterocycles. The van der Waals surface area contributed by atoms with Crippen LogP contribution in [0, 0.1) is 10.1 Å². The van der Waals surface area contributed by atoms with Crippen LogP contribution in [0.15, 0.2) is 36.5 Å². The van der Waals surface area contributed by atoms with Crippen molar-refractivity contribution in [2.24, 2.45) is 0 Å². The van der Waals surface area contributed by atoms with Crippen molar-refractivity contribution in [2.75, 3.05) is 6.54 Å². The highest BCUT2D eigenvalue weighted by Crippen LogP contribution is 2.23. The Bertz CT molecular complexity index is 863. The Morgan fingerprint density at radius 2 is 2.11 bits per heavy atom. The van der Waals surface area contributed by atoms with Crippen LogP contribution in [0.3, 0.4) is 0 Å². The minimum Gasteiger partial charge on any atom is -0.481 e. The Hall–Kier alpha value is -3.23. The van der Waals surface area contributed by atoms with Gasteiger partial charge in [-0.15, -0.1) is 0 Å². The maximum absolute atomic E-state index is 12.9. The number of non-ortho nitro benzene ring substituents is 1. The second-order valence-corrected chi connectivity index (χ2v) is 6.50. The molecule has 2 heterocycles. The van der Waals surface area contributed by atoms with Gasteiger partial charge >= 0.3 is 5.97 Å². The van der Waals surface area contributed by atoms with E-state index < -0.39 is 10.9 Å². The molecule has 2 aromatic rings. The molecule has 3 rings (SSSR count). The van der Waals surface area contributed by atoms with E-state index in [0.29, 0.717) is 18.7 Å². The molecule has 1 saturated heterocycles. The Morgan fingerprint density at radius 3 is 2.85 bits per heavy atom. The predicted octanol–water partition coefficient (Wildman–Crippen LogP) is 2.64. The molecule has 0 aliphatic carbocycles. The number of carbonyl (C=O) groups is 2. The number of hydrogen-bond acceptors (Lipinski definition) is 5. The van der Waals surface area contributed by atoms with Gasteiger partial charge < -0.3 is 10.0 Å². The molecular weight excluding hydrogens is 352 g/mol. The smallest absolute Gasteiger partial charge is 0.303 e. The first-order valence-electron chi connectivity index (χ1n) is 8.79. The fraction of sp³-hybridized carbons (Fsp3) is 0.389. The molecule has 9 nitrogen and oxygen atoms in total. The van der Waals surface area contributed by atoms with E-state index in [0.717, 1.165) is 19.3 Å². The van der Waals surface area contributed by atoms with Gasteiger partial charge in [0.15, 0.2) is 5.69 Å². The Morgan fingerprint density at radius 1 is 1.30 bits per heavy atom. The van der Waals surface area contributed by atoms with Crippen molar-refractivity contribution in [1.29, 1.82) is 0 Å². The van der Waals surface area contributed by atoms with E-state index in [9.17, 15) is 19.7 Å². The summed E-state index contributed by atoms with van der Waals surface area (Å²) in [6, 6.07) is 7.47. The molecular formula is C18H20N4O5. The van der Waals surface area contributed by atoms with Gasteiger partial charge in [0.1, 0.15) is 0 Å². The van der Waals surface area contributed by atoms with Crippen LogP contribution in [-0.4, -0.2) is 49.2 Å². The first-order chi connectivity index (χ1) is 13.0. The number of carboxylic acid groups (broad SMARTS) is 1. The Kier molecular flexibility index (Phi) is 5.49. The largest absolute Gasteiger partial charge is 0.481 e. The lowest BCUT2D eigenvalue weighted by Gasteiger charge is -2.35. The summed E-state index contributed by atoms with van der Waals surface area (Å²) >= 11 is 0. The standard InChI is InChI=1S/C18H20N4O5/c23-17(24)8-7-13-4-1-2-10-20(13)18(25)16-9-11-21(19-16)14-5-3-6-15(12-14)22(26)27/h3,5-6,9,11-13H,1-2,4,7-8,10H2,(H,23,24). The van der Waals surface area contributed by atoms with Gasteiger partial charge in [0, 0.05) is 37.3 Å². The maximum atomic E-state index is 12.9. The second-order valence-electron chi connectivity index (χ2n) is 6.50. The van der Waals surface area contributed by atoms with Crippen molar-refractivity contribution in [3.05, 3.63) is 52.3 Å². The summed E-state index contributed by atoms with van der Waals surface area (Å²) in [5.41, 5.74) is 0.675. The zero-order valence-corrected chi connectivity index (χ0v) is 14.7. The number of benzene rings is 1. The lowest BCUT2D eigenvalue weighted by atomic mass is 9.97. The third kappa shape index (κ3) is 4.30. The number of rotatable bonds is 6. The monoisotopic (exact) mass is 372 g/mol. The number of aliphatic carboxylic acids is 1. The van der Waals surface area contributed by atoms with Crippen molar-refractivity contribution in [1.82, 2.24) is 14.7 Å². The van der Waals surface area contributed by atoms with Crippen LogP contribution in [0.25, 0.3) is 5.69 Å². The number of aromatic nitrogens is 2. The first kappa shape index (κ1) is 18.6. The minimum absolute atomic E-state index is 0.0244. The van der Waals surface area contributed by atoms with Crippen LogP contribution in [0.4, 0.5) is 5.69 Å². The number of piperidine rings is 1. The molecule has 9 heteroatoms. The maximum Gasteiger partial charge on any atom is 0.303 e. The summed E-state index contributed by atoms with van der Waals surface area (Å²) in [6.07, 6.45) is 4.66. The van der Waals surface area contributed by atoms with E-state index in [-0.39, 0.29) is 29.8 Å². The molecule has 142 valence electrons. The van der Waals surface area contributed by atoms with Gasteiger partial charge in [-0.25, -0.2) is 4.68 Å². The summed E-state index contributed by atoms with van der Waals surface area (Å²) < 4.78 is 1.43. The average molecular weight is 372 g/mol. The Labute approximate surface area is 155 Å². The lowest BCUT2D eigenvalue weighted by Crippen LogP contribution is -2.44. The molecule has 0 spiro atoms. The van der Waals surface area contributed by atoms with Crippen molar-refractivity contribution < 1.29 is 19.6 Å². The van der Waals surface area contributed by atoms with E-state index in [1.54, 1.807) is 29.3 Å². The number of nitro benzene ring substituents is 1. The normalized spacial score (nSPS) is 16.9. The number of nitrogens with zero attached hydrogens (tertiary/aromatic N) is 4. The molecule has 1 aromatic carbocycles. The van der Waals surface area contributed by atoms with Gasteiger partial charge in [-0.3, -0.25) is 19.7 Å². The van der Waals surface area contributed by atoms with Gasteiger partial charge in [-0.05, 0) is 37.8 Å². The van der Waals surface area contributed by atoms with Crippen molar-refractivity contribution in [2.45, 2.75) is 38.1 Å². The van der Waals surface area contributed by atoms with E-state index in [1.807, 2.05) is 0 Å². The number of hydrogen-bond donors (Lipinski definition) is 1. The van der Waals surface area contributed by atoms with E-state index in [2.05, 4.69) is 5.10 Å². The molecule has 0 radical (unpaired) electrons. The molecule has 0 saturated carbocycles. The van der Waals surface area contributed by atoms with Gasteiger partial charge in [0.05, 0.1) is 10.6 Å². The average Bonchev–Trinajstić information content (AvgIpc) is 3.16. The molecule has 27 heavy (non-hydrogen) atoms. The highest BCUT2D eigenvalue weighted by molar-refractivity contribution is 5.92. The fourth-order valence-corrected chi connectivity index (χ4v) is 3.34. The molecule has 1 fully saturated rings. The molecule has 1 aliphatic heterocycles. The molecule has 1 amide bonds. The minimum atomic E-state index is -0.872.